The van der Waals surface area contributed by atoms with E-state index in [0.29, 0.717) is 24.9 Å². The normalized spacial score (nSPS) is 19.0. The molecule has 0 aromatic heterocycles. The molecule has 1 saturated heterocycles. The molecule has 0 unspecified atom stereocenters. The predicted molar refractivity (Wildman–Crippen MR) is 84.4 cm³/mol. The molecule has 1 N–H and O–H groups in total. The van der Waals surface area contributed by atoms with Crippen molar-refractivity contribution in [2.45, 2.75) is 25.7 Å². The quantitative estimate of drug-likeness (QED) is 0.858. The first kappa shape index (κ1) is 16.4. The summed E-state index contributed by atoms with van der Waals surface area (Å²) in [5.74, 6) is -1.38. The highest BCUT2D eigenvalue weighted by molar-refractivity contribution is 5.94. The molecule has 1 fully saturated rings. The standard InChI is InChI=1S/C17H19FN2O4/c18-13-2-1-12-3-7-20(14(12)11-13)16(24)19-8-4-17(5-9-19,6-10-21)15(22)23/h1-2,10-11H,3-9H2,(H,22,23). The highest BCUT2D eigenvalue weighted by Gasteiger charge is 2.43. The minimum absolute atomic E-state index is 0.0396. The van der Waals surface area contributed by atoms with Crippen molar-refractivity contribution in [2.24, 2.45) is 5.41 Å². The molecule has 3 rings (SSSR count). The number of piperidine rings is 1. The van der Waals surface area contributed by atoms with Crippen molar-refractivity contribution >= 4 is 24.0 Å². The minimum atomic E-state index is -1.08. The smallest absolute Gasteiger partial charge is 0.324 e. The van der Waals surface area contributed by atoms with E-state index in [9.17, 15) is 23.9 Å². The summed E-state index contributed by atoms with van der Waals surface area (Å²) in [7, 11) is 0. The number of halogens is 1. The lowest BCUT2D eigenvalue weighted by Crippen LogP contribution is -2.50. The second kappa shape index (κ2) is 6.22. The number of rotatable bonds is 3. The van der Waals surface area contributed by atoms with Crippen LogP contribution < -0.4 is 4.90 Å². The van der Waals surface area contributed by atoms with Crippen LogP contribution in [0.15, 0.2) is 18.2 Å². The van der Waals surface area contributed by atoms with E-state index in [2.05, 4.69) is 0 Å². The van der Waals surface area contributed by atoms with E-state index >= 15 is 0 Å². The first-order valence-electron chi connectivity index (χ1n) is 7.99. The van der Waals surface area contributed by atoms with Crippen LogP contribution in [0.2, 0.25) is 0 Å². The van der Waals surface area contributed by atoms with Crippen LogP contribution in [0.1, 0.15) is 24.8 Å². The maximum Gasteiger partial charge on any atom is 0.324 e. The van der Waals surface area contributed by atoms with Crippen molar-refractivity contribution in [3.63, 3.8) is 0 Å². The molecule has 0 spiro atoms. The maximum atomic E-state index is 13.5. The summed E-state index contributed by atoms with van der Waals surface area (Å²) in [5.41, 5.74) is 0.443. The number of hydrogen-bond donors (Lipinski definition) is 1. The van der Waals surface area contributed by atoms with Gasteiger partial charge in [-0.15, -0.1) is 0 Å². The average molecular weight is 334 g/mol. The molecular formula is C17H19FN2O4. The number of likely N-dealkylation sites (tertiary alicyclic amines) is 1. The summed E-state index contributed by atoms with van der Waals surface area (Å²) < 4.78 is 13.5. The topological polar surface area (TPSA) is 77.9 Å². The van der Waals surface area contributed by atoms with Gasteiger partial charge in [-0.25, -0.2) is 9.18 Å². The Labute approximate surface area is 138 Å². The van der Waals surface area contributed by atoms with Gasteiger partial charge < -0.3 is 14.8 Å². The molecule has 2 aliphatic rings. The predicted octanol–water partition coefficient (Wildman–Crippen LogP) is 2.06. The van der Waals surface area contributed by atoms with Crippen LogP contribution in [0, 0.1) is 11.2 Å². The molecule has 1 aromatic rings. The molecule has 0 aliphatic carbocycles. The van der Waals surface area contributed by atoms with Gasteiger partial charge in [0.1, 0.15) is 12.1 Å². The number of benzene rings is 1. The molecule has 2 heterocycles. The number of carbonyl (C=O) groups is 3. The van der Waals surface area contributed by atoms with E-state index in [4.69, 9.17) is 0 Å². The molecule has 24 heavy (non-hydrogen) atoms. The maximum absolute atomic E-state index is 13.5. The molecule has 1 aromatic carbocycles. The van der Waals surface area contributed by atoms with E-state index in [1.807, 2.05) is 0 Å². The number of hydrogen-bond acceptors (Lipinski definition) is 3. The fourth-order valence-corrected chi connectivity index (χ4v) is 3.51. The zero-order valence-corrected chi connectivity index (χ0v) is 13.2. The van der Waals surface area contributed by atoms with Crippen molar-refractivity contribution in [1.82, 2.24) is 4.90 Å². The third-order valence-corrected chi connectivity index (χ3v) is 5.09. The Morgan fingerprint density at radius 2 is 1.96 bits per heavy atom. The van der Waals surface area contributed by atoms with Gasteiger partial charge in [0, 0.05) is 26.1 Å². The lowest BCUT2D eigenvalue weighted by Gasteiger charge is -2.39. The third kappa shape index (κ3) is 2.74. The van der Waals surface area contributed by atoms with Gasteiger partial charge in [-0.3, -0.25) is 9.69 Å². The Hall–Kier alpha value is -2.44. The molecule has 128 valence electrons. The number of fused-ring (bicyclic) bond motifs is 1. The highest BCUT2D eigenvalue weighted by atomic mass is 19.1. The molecule has 0 bridgehead atoms. The van der Waals surface area contributed by atoms with Gasteiger partial charge >= 0.3 is 12.0 Å². The molecule has 0 radical (unpaired) electrons. The van der Waals surface area contributed by atoms with Gasteiger partial charge in [-0.05, 0) is 37.0 Å². The fraction of sp³-hybridized carbons (Fsp3) is 0.471. The van der Waals surface area contributed by atoms with Crippen molar-refractivity contribution in [1.29, 1.82) is 0 Å². The second-order valence-corrected chi connectivity index (χ2v) is 6.40. The average Bonchev–Trinajstić information content (AvgIpc) is 2.98. The molecule has 0 saturated carbocycles. The lowest BCUT2D eigenvalue weighted by molar-refractivity contribution is -0.153. The first-order valence-corrected chi connectivity index (χ1v) is 7.99. The van der Waals surface area contributed by atoms with Crippen LogP contribution in [0.5, 0.6) is 0 Å². The van der Waals surface area contributed by atoms with Crippen molar-refractivity contribution in [3.8, 4) is 0 Å². The Kier molecular flexibility index (Phi) is 4.26. The van der Waals surface area contributed by atoms with Crippen LogP contribution in [-0.2, 0) is 16.0 Å². The summed E-state index contributed by atoms with van der Waals surface area (Å²) in [6.45, 7) is 1.05. The molecular weight excluding hydrogens is 315 g/mol. The molecule has 2 aliphatic heterocycles. The second-order valence-electron chi connectivity index (χ2n) is 6.40. The largest absolute Gasteiger partial charge is 0.481 e. The van der Waals surface area contributed by atoms with Gasteiger partial charge in [0.25, 0.3) is 0 Å². The van der Waals surface area contributed by atoms with E-state index < -0.39 is 11.4 Å². The van der Waals surface area contributed by atoms with Crippen LogP contribution in [-0.4, -0.2) is 47.9 Å². The Balaban J connectivity index is 1.72. The van der Waals surface area contributed by atoms with Crippen molar-refractivity contribution in [2.75, 3.05) is 24.5 Å². The van der Waals surface area contributed by atoms with Crippen molar-refractivity contribution in [3.05, 3.63) is 29.6 Å². The summed E-state index contributed by atoms with van der Waals surface area (Å²) in [5, 5.41) is 9.40. The molecule has 6 nitrogen and oxygen atoms in total. The minimum Gasteiger partial charge on any atom is -0.481 e. The van der Waals surface area contributed by atoms with Crippen LogP contribution in [0.25, 0.3) is 0 Å². The number of carboxylic acid groups (broad SMARTS) is 1. The number of carbonyl (C=O) groups excluding carboxylic acids is 2. The third-order valence-electron chi connectivity index (χ3n) is 5.09. The van der Waals surface area contributed by atoms with Gasteiger partial charge in [0.15, 0.2) is 0 Å². The summed E-state index contributed by atoms with van der Waals surface area (Å²) in [6.07, 6.45) is 1.76. The SMILES string of the molecule is O=CCC1(C(=O)O)CCN(C(=O)N2CCc3ccc(F)cc32)CC1. The monoisotopic (exact) mass is 334 g/mol. The number of aldehydes is 1. The van der Waals surface area contributed by atoms with Crippen LogP contribution in [0.4, 0.5) is 14.9 Å². The number of urea groups is 1. The molecule has 2 amide bonds. The molecule has 0 atom stereocenters. The molecule has 7 heteroatoms. The summed E-state index contributed by atoms with van der Waals surface area (Å²) in [6, 6.07) is 4.20. The zero-order chi connectivity index (χ0) is 17.3. The zero-order valence-electron chi connectivity index (χ0n) is 13.2. The van der Waals surface area contributed by atoms with Crippen molar-refractivity contribution < 1.29 is 23.9 Å². The fourth-order valence-electron chi connectivity index (χ4n) is 3.51. The van der Waals surface area contributed by atoms with E-state index in [-0.39, 0.29) is 44.2 Å². The van der Waals surface area contributed by atoms with E-state index in [1.165, 1.54) is 12.1 Å². The van der Waals surface area contributed by atoms with E-state index in [1.54, 1.807) is 15.9 Å². The highest BCUT2D eigenvalue weighted by Crippen LogP contribution is 2.36. The number of carboxylic acids is 1. The lowest BCUT2D eigenvalue weighted by atomic mass is 9.76. The number of anilines is 1. The summed E-state index contributed by atoms with van der Waals surface area (Å²) in [4.78, 5) is 38.1. The van der Waals surface area contributed by atoms with Gasteiger partial charge in [0.2, 0.25) is 0 Å². The Bertz CT molecular complexity index is 683. The van der Waals surface area contributed by atoms with Gasteiger partial charge in [0.05, 0.1) is 11.1 Å². The van der Waals surface area contributed by atoms with Gasteiger partial charge in [-0.2, -0.15) is 0 Å². The van der Waals surface area contributed by atoms with Crippen LogP contribution in [0.3, 0.4) is 0 Å². The number of aliphatic carboxylic acids is 1. The van der Waals surface area contributed by atoms with Gasteiger partial charge in [-0.1, -0.05) is 6.07 Å². The van der Waals surface area contributed by atoms with E-state index in [0.717, 1.165) is 5.56 Å². The number of amides is 2. The summed E-state index contributed by atoms with van der Waals surface area (Å²) >= 11 is 0. The first-order chi connectivity index (χ1) is 11.5. The number of nitrogens with zero attached hydrogens (tertiary/aromatic N) is 2. The van der Waals surface area contributed by atoms with Crippen LogP contribution >= 0.6 is 0 Å². The Morgan fingerprint density at radius 1 is 1.25 bits per heavy atom. The Morgan fingerprint density at radius 3 is 2.58 bits per heavy atom.